The molecule has 0 atom stereocenters. The van der Waals surface area contributed by atoms with E-state index < -0.39 is 0 Å². The van der Waals surface area contributed by atoms with Crippen molar-refractivity contribution in [2.24, 2.45) is 5.41 Å². The number of nitrogens with one attached hydrogen (secondary N) is 1. The topological polar surface area (TPSA) is 35.5 Å². The minimum atomic E-state index is 0.0978. The Balaban J connectivity index is 1.89. The molecule has 20 heavy (non-hydrogen) atoms. The van der Waals surface area contributed by atoms with Crippen molar-refractivity contribution >= 4 is 5.69 Å². The highest BCUT2D eigenvalue weighted by molar-refractivity contribution is 5.44. The number of rotatable bonds is 6. The summed E-state index contributed by atoms with van der Waals surface area (Å²) in [5.74, 6) is 0. The van der Waals surface area contributed by atoms with E-state index in [0.717, 1.165) is 31.6 Å². The summed E-state index contributed by atoms with van der Waals surface area (Å²) in [6.07, 6.45) is 6.12. The molecule has 1 fully saturated rings. The van der Waals surface area contributed by atoms with Crippen molar-refractivity contribution in [3.05, 3.63) is 29.8 Å². The molecule has 0 aliphatic heterocycles. The van der Waals surface area contributed by atoms with Gasteiger partial charge in [-0.2, -0.15) is 0 Å². The van der Waals surface area contributed by atoms with Crippen molar-refractivity contribution in [1.29, 1.82) is 0 Å². The van der Waals surface area contributed by atoms with Gasteiger partial charge < -0.3 is 15.3 Å². The van der Waals surface area contributed by atoms with Crippen LogP contribution in [0.5, 0.6) is 0 Å². The molecular formula is C17H28N2O. The SMILES string of the molecule is CN(C)Cc1ccc(NCC2(CO)CCCCC2)cc1. The highest BCUT2D eigenvalue weighted by atomic mass is 16.3. The van der Waals surface area contributed by atoms with Gasteiger partial charge in [0.25, 0.3) is 0 Å². The highest BCUT2D eigenvalue weighted by Gasteiger charge is 2.30. The Bertz CT molecular complexity index is 394. The molecule has 0 spiro atoms. The summed E-state index contributed by atoms with van der Waals surface area (Å²) in [4.78, 5) is 2.17. The van der Waals surface area contributed by atoms with Crippen molar-refractivity contribution in [2.75, 3.05) is 32.6 Å². The minimum Gasteiger partial charge on any atom is -0.396 e. The number of aliphatic hydroxyl groups excluding tert-OH is 1. The molecule has 1 aliphatic carbocycles. The summed E-state index contributed by atoms with van der Waals surface area (Å²) in [5.41, 5.74) is 2.58. The summed E-state index contributed by atoms with van der Waals surface area (Å²) in [7, 11) is 4.17. The van der Waals surface area contributed by atoms with Gasteiger partial charge in [0, 0.05) is 24.2 Å². The van der Waals surface area contributed by atoms with Gasteiger partial charge >= 0.3 is 0 Å². The molecule has 1 aromatic rings. The van der Waals surface area contributed by atoms with Crippen LogP contribution in [0.3, 0.4) is 0 Å². The molecule has 0 bridgehead atoms. The molecule has 1 saturated carbocycles. The lowest BCUT2D eigenvalue weighted by Gasteiger charge is -2.36. The molecule has 3 heteroatoms. The Hall–Kier alpha value is -1.06. The zero-order valence-corrected chi connectivity index (χ0v) is 12.9. The van der Waals surface area contributed by atoms with E-state index in [1.54, 1.807) is 0 Å². The second-order valence-electron chi connectivity index (χ2n) is 6.51. The Kier molecular flexibility index (Phi) is 5.44. The first-order valence-corrected chi connectivity index (χ1v) is 7.72. The number of benzene rings is 1. The second kappa shape index (κ2) is 7.09. The third-order valence-corrected chi connectivity index (χ3v) is 4.37. The molecule has 2 rings (SSSR count). The number of hydrogen-bond acceptors (Lipinski definition) is 3. The fourth-order valence-corrected chi connectivity index (χ4v) is 3.08. The molecule has 2 N–H and O–H groups in total. The van der Waals surface area contributed by atoms with E-state index in [0.29, 0.717) is 6.61 Å². The number of anilines is 1. The first-order chi connectivity index (χ1) is 9.63. The summed E-state index contributed by atoms with van der Waals surface area (Å²) in [5, 5.41) is 13.2. The molecule has 0 heterocycles. The monoisotopic (exact) mass is 276 g/mol. The van der Waals surface area contributed by atoms with Crippen LogP contribution >= 0.6 is 0 Å². The van der Waals surface area contributed by atoms with Crippen LogP contribution in [0.1, 0.15) is 37.7 Å². The zero-order chi connectivity index (χ0) is 14.4. The van der Waals surface area contributed by atoms with E-state index in [4.69, 9.17) is 0 Å². The van der Waals surface area contributed by atoms with Crippen LogP contribution in [-0.4, -0.2) is 37.3 Å². The molecule has 1 aromatic carbocycles. The van der Waals surface area contributed by atoms with Crippen molar-refractivity contribution in [1.82, 2.24) is 4.90 Å². The van der Waals surface area contributed by atoms with Gasteiger partial charge in [-0.3, -0.25) is 0 Å². The Morgan fingerprint density at radius 2 is 1.75 bits per heavy atom. The van der Waals surface area contributed by atoms with Crippen LogP contribution in [0.4, 0.5) is 5.69 Å². The third-order valence-electron chi connectivity index (χ3n) is 4.37. The van der Waals surface area contributed by atoms with Gasteiger partial charge in [-0.05, 0) is 44.6 Å². The normalized spacial score (nSPS) is 18.2. The molecule has 0 aromatic heterocycles. The Morgan fingerprint density at radius 1 is 1.10 bits per heavy atom. The maximum atomic E-state index is 9.72. The van der Waals surface area contributed by atoms with E-state index in [-0.39, 0.29) is 5.41 Å². The molecule has 1 aliphatic rings. The van der Waals surface area contributed by atoms with Gasteiger partial charge in [-0.15, -0.1) is 0 Å². The van der Waals surface area contributed by atoms with Crippen LogP contribution in [0.25, 0.3) is 0 Å². The van der Waals surface area contributed by atoms with Crippen LogP contribution in [0, 0.1) is 5.41 Å². The van der Waals surface area contributed by atoms with Gasteiger partial charge in [-0.1, -0.05) is 31.4 Å². The average Bonchev–Trinajstić information content (AvgIpc) is 2.47. The maximum Gasteiger partial charge on any atom is 0.0504 e. The molecule has 0 saturated heterocycles. The van der Waals surface area contributed by atoms with Crippen molar-refractivity contribution in [2.45, 2.75) is 38.6 Å². The van der Waals surface area contributed by atoms with E-state index in [9.17, 15) is 5.11 Å². The van der Waals surface area contributed by atoms with Crippen LogP contribution < -0.4 is 5.32 Å². The maximum absolute atomic E-state index is 9.72. The summed E-state index contributed by atoms with van der Waals surface area (Å²) >= 11 is 0. The van der Waals surface area contributed by atoms with Crippen LogP contribution in [-0.2, 0) is 6.54 Å². The average molecular weight is 276 g/mol. The van der Waals surface area contributed by atoms with Crippen molar-refractivity contribution in [3.63, 3.8) is 0 Å². The smallest absolute Gasteiger partial charge is 0.0504 e. The predicted molar refractivity (Wildman–Crippen MR) is 84.9 cm³/mol. The van der Waals surface area contributed by atoms with Gasteiger partial charge in [0.05, 0.1) is 6.61 Å². The largest absolute Gasteiger partial charge is 0.396 e. The zero-order valence-electron chi connectivity index (χ0n) is 12.9. The number of aliphatic hydroxyl groups is 1. The van der Waals surface area contributed by atoms with Gasteiger partial charge in [0.2, 0.25) is 0 Å². The van der Waals surface area contributed by atoms with Gasteiger partial charge in [0.15, 0.2) is 0 Å². The second-order valence-corrected chi connectivity index (χ2v) is 6.51. The summed E-state index contributed by atoms with van der Waals surface area (Å²) in [6.45, 7) is 2.16. The number of hydrogen-bond donors (Lipinski definition) is 2. The summed E-state index contributed by atoms with van der Waals surface area (Å²) in [6, 6.07) is 8.64. The van der Waals surface area contributed by atoms with Crippen LogP contribution in [0.2, 0.25) is 0 Å². The van der Waals surface area contributed by atoms with Gasteiger partial charge in [0.1, 0.15) is 0 Å². The highest BCUT2D eigenvalue weighted by Crippen LogP contribution is 2.36. The molecule has 0 unspecified atom stereocenters. The van der Waals surface area contributed by atoms with E-state index >= 15 is 0 Å². The van der Waals surface area contributed by atoms with Crippen molar-refractivity contribution < 1.29 is 5.11 Å². The summed E-state index contributed by atoms with van der Waals surface area (Å²) < 4.78 is 0. The molecule has 112 valence electrons. The Labute approximate surface area is 123 Å². The predicted octanol–water partition coefficient (Wildman–Crippen LogP) is 3.10. The lowest BCUT2D eigenvalue weighted by atomic mass is 9.74. The van der Waals surface area contributed by atoms with Crippen molar-refractivity contribution in [3.8, 4) is 0 Å². The lowest BCUT2D eigenvalue weighted by molar-refractivity contribution is 0.0944. The Morgan fingerprint density at radius 3 is 2.30 bits per heavy atom. The quantitative estimate of drug-likeness (QED) is 0.838. The molecule has 0 radical (unpaired) electrons. The van der Waals surface area contributed by atoms with Crippen LogP contribution in [0.15, 0.2) is 24.3 Å². The first-order valence-electron chi connectivity index (χ1n) is 7.72. The minimum absolute atomic E-state index is 0.0978. The molecule has 3 nitrogen and oxygen atoms in total. The lowest BCUT2D eigenvalue weighted by Crippen LogP contribution is -2.35. The van der Waals surface area contributed by atoms with Gasteiger partial charge in [-0.25, -0.2) is 0 Å². The third kappa shape index (κ3) is 4.22. The molecular weight excluding hydrogens is 248 g/mol. The molecule has 0 amide bonds. The van der Waals surface area contributed by atoms with E-state index in [2.05, 4.69) is 48.6 Å². The standard InChI is InChI=1S/C17H28N2O/c1-19(2)12-15-6-8-16(9-7-15)18-13-17(14-20)10-4-3-5-11-17/h6-9,18,20H,3-5,10-14H2,1-2H3. The first kappa shape index (κ1) is 15.3. The fraction of sp³-hybridized carbons (Fsp3) is 0.647. The fourth-order valence-electron chi connectivity index (χ4n) is 3.08. The van der Waals surface area contributed by atoms with E-state index in [1.165, 1.54) is 24.8 Å². The van der Waals surface area contributed by atoms with E-state index in [1.807, 2.05) is 0 Å². The number of nitrogens with zero attached hydrogens (tertiary/aromatic N) is 1.